The number of fused-ring (bicyclic) bond motifs is 1. The Morgan fingerprint density at radius 2 is 1.43 bits per heavy atom. The van der Waals surface area contributed by atoms with Gasteiger partial charge in [-0.1, -0.05) is 19.1 Å². The molecule has 0 saturated carbocycles. The van der Waals surface area contributed by atoms with Crippen LogP contribution >= 0.6 is 0 Å². The fourth-order valence-corrected chi connectivity index (χ4v) is 2.42. The molecule has 0 bridgehead atoms. The highest BCUT2D eigenvalue weighted by Crippen LogP contribution is 2.28. The minimum atomic E-state index is -0.329. The van der Waals surface area contributed by atoms with E-state index in [1.807, 2.05) is 0 Å². The SMILES string of the molecule is CCC(=O)c1ccc(N2C(=O)c3ccccc3C2=O)cc1. The molecule has 0 aromatic heterocycles. The first-order valence-electron chi connectivity index (χ1n) is 6.74. The molecule has 1 aliphatic heterocycles. The fraction of sp³-hybridized carbons (Fsp3) is 0.118. The summed E-state index contributed by atoms with van der Waals surface area (Å²) in [5.74, 6) is -0.626. The lowest BCUT2D eigenvalue weighted by molar-refractivity contribution is 0.0925. The monoisotopic (exact) mass is 279 g/mol. The van der Waals surface area contributed by atoms with Gasteiger partial charge in [-0.3, -0.25) is 14.4 Å². The van der Waals surface area contributed by atoms with Gasteiger partial charge in [0.1, 0.15) is 0 Å². The average Bonchev–Trinajstić information content (AvgIpc) is 2.79. The van der Waals surface area contributed by atoms with Gasteiger partial charge in [0.2, 0.25) is 0 Å². The van der Waals surface area contributed by atoms with Crippen LogP contribution < -0.4 is 4.90 Å². The first kappa shape index (κ1) is 13.2. The third-order valence-electron chi connectivity index (χ3n) is 3.56. The summed E-state index contributed by atoms with van der Waals surface area (Å²) in [6.45, 7) is 1.79. The third-order valence-corrected chi connectivity index (χ3v) is 3.56. The Kier molecular flexibility index (Phi) is 3.14. The summed E-state index contributed by atoms with van der Waals surface area (Å²) in [6.07, 6.45) is 0.423. The number of amides is 2. The van der Waals surface area contributed by atoms with E-state index in [4.69, 9.17) is 0 Å². The van der Waals surface area contributed by atoms with Crippen molar-refractivity contribution in [2.24, 2.45) is 0 Å². The van der Waals surface area contributed by atoms with Crippen LogP contribution in [0.25, 0.3) is 0 Å². The van der Waals surface area contributed by atoms with E-state index in [1.54, 1.807) is 55.5 Å². The van der Waals surface area contributed by atoms with Gasteiger partial charge in [0.25, 0.3) is 11.8 Å². The van der Waals surface area contributed by atoms with Crippen LogP contribution in [-0.2, 0) is 0 Å². The van der Waals surface area contributed by atoms with E-state index in [1.165, 1.54) is 0 Å². The van der Waals surface area contributed by atoms with Gasteiger partial charge >= 0.3 is 0 Å². The molecule has 2 amide bonds. The van der Waals surface area contributed by atoms with Crippen molar-refractivity contribution in [3.63, 3.8) is 0 Å². The van der Waals surface area contributed by atoms with E-state index in [9.17, 15) is 14.4 Å². The second-order valence-electron chi connectivity index (χ2n) is 4.81. The second kappa shape index (κ2) is 4.98. The Labute approximate surface area is 122 Å². The lowest BCUT2D eigenvalue weighted by Gasteiger charge is -2.14. The maximum Gasteiger partial charge on any atom is 0.266 e. The lowest BCUT2D eigenvalue weighted by atomic mass is 10.1. The van der Waals surface area contributed by atoms with Crippen molar-refractivity contribution in [1.29, 1.82) is 0 Å². The van der Waals surface area contributed by atoms with Gasteiger partial charge in [0.05, 0.1) is 16.8 Å². The molecule has 0 spiro atoms. The number of benzene rings is 2. The number of rotatable bonds is 3. The summed E-state index contributed by atoms with van der Waals surface area (Å²) >= 11 is 0. The smallest absolute Gasteiger partial charge is 0.266 e. The number of nitrogens with zero attached hydrogens (tertiary/aromatic N) is 1. The molecule has 0 unspecified atom stereocenters. The summed E-state index contributed by atoms with van der Waals surface area (Å²) in [5.41, 5.74) is 1.89. The number of anilines is 1. The molecule has 21 heavy (non-hydrogen) atoms. The number of imide groups is 1. The van der Waals surface area contributed by atoms with Crippen LogP contribution in [0, 0.1) is 0 Å². The van der Waals surface area contributed by atoms with Crippen molar-refractivity contribution in [3.05, 3.63) is 65.2 Å². The molecule has 3 rings (SSSR count). The zero-order valence-electron chi connectivity index (χ0n) is 11.5. The largest absolute Gasteiger partial charge is 0.294 e. The zero-order valence-corrected chi connectivity index (χ0v) is 11.5. The summed E-state index contributed by atoms with van der Waals surface area (Å²) in [5, 5.41) is 0. The van der Waals surface area contributed by atoms with E-state index >= 15 is 0 Å². The van der Waals surface area contributed by atoms with Gasteiger partial charge in [-0.15, -0.1) is 0 Å². The van der Waals surface area contributed by atoms with Gasteiger partial charge in [0, 0.05) is 12.0 Å². The molecule has 2 aromatic carbocycles. The molecule has 0 atom stereocenters. The molecular weight excluding hydrogens is 266 g/mol. The molecule has 1 aliphatic rings. The predicted octanol–water partition coefficient (Wildman–Crippen LogP) is 3.08. The van der Waals surface area contributed by atoms with Gasteiger partial charge in [-0.25, -0.2) is 4.90 Å². The highest BCUT2D eigenvalue weighted by Gasteiger charge is 2.36. The first-order chi connectivity index (χ1) is 10.1. The average molecular weight is 279 g/mol. The highest BCUT2D eigenvalue weighted by atomic mass is 16.2. The number of hydrogen-bond donors (Lipinski definition) is 0. The summed E-state index contributed by atoms with van der Waals surface area (Å²) in [4.78, 5) is 37.4. The second-order valence-corrected chi connectivity index (χ2v) is 4.81. The van der Waals surface area contributed by atoms with E-state index in [-0.39, 0.29) is 17.6 Å². The van der Waals surface area contributed by atoms with Crippen molar-refractivity contribution >= 4 is 23.3 Å². The highest BCUT2D eigenvalue weighted by molar-refractivity contribution is 6.34. The maximum absolute atomic E-state index is 12.3. The van der Waals surface area contributed by atoms with Crippen molar-refractivity contribution in [3.8, 4) is 0 Å². The van der Waals surface area contributed by atoms with Crippen LogP contribution in [-0.4, -0.2) is 17.6 Å². The molecular formula is C17H13NO3. The van der Waals surface area contributed by atoms with Crippen molar-refractivity contribution in [2.45, 2.75) is 13.3 Å². The Morgan fingerprint density at radius 1 is 0.905 bits per heavy atom. The van der Waals surface area contributed by atoms with Crippen LogP contribution in [0.1, 0.15) is 44.4 Å². The van der Waals surface area contributed by atoms with Crippen LogP contribution in [0.5, 0.6) is 0 Å². The first-order valence-corrected chi connectivity index (χ1v) is 6.74. The number of carbonyl (C=O) groups is 3. The Morgan fingerprint density at radius 3 is 1.90 bits per heavy atom. The molecule has 0 N–H and O–H groups in total. The van der Waals surface area contributed by atoms with Gasteiger partial charge in [-0.05, 0) is 36.4 Å². The van der Waals surface area contributed by atoms with Crippen LogP contribution in [0.4, 0.5) is 5.69 Å². The normalized spacial score (nSPS) is 13.5. The minimum Gasteiger partial charge on any atom is -0.294 e. The number of ketones is 1. The number of carbonyl (C=O) groups excluding carboxylic acids is 3. The Balaban J connectivity index is 1.97. The van der Waals surface area contributed by atoms with E-state index in [2.05, 4.69) is 0 Å². The Hall–Kier alpha value is -2.75. The molecule has 1 heterocycles. The lowest BCUT2D eigenvalue weighted by Crippen LogP contribution is -2.29. The van der Waals surface area contributed by atoms with Crippen molar-refractivity contribution in [2.75, 3.05) is 4.90 Å². The zero-order chi connectivity index (χ0) is 15.0. The Bertz CT molecular complexity index is 712. The third kappa shape index (κ3) is 2.05. The van der Waals surface area contributed by atoms with Crippen LogP contribution in [0.3, 0.4) is 0 Å². The van der Waals surface area contributed by atoms with E-state index in [0.717, 1.165) is 4.90 Å². The molecule has 4 heteroatoms. The quantitative estimate of drug-likeness (QED) is 0.641. The standard InChI is InChI=1S/C17H13NO3/c1-2-15(19)11-7-9-12(10-8-11)18-16(20)13-5-3-4-6-14(13)17(18)21/h3-10H,2H2,1H3. The molecule has 0 fully saturated rings. The molecule has 0 saturated heterocycles. The molecule has 4 nitrogen and oxygen atoms in total. The minimum absolute atomic E-state index is 0.0314. The fourth-order valence-electron chi connectivity index (χ4n) is 2.42. The number of Topliss-reactive ketones (excluding diaryl/α,β-unsaturated/α-hetero) is 1. The van der Waals surface area contributed by atoms with Gasteiger partial charge in [-0.2, -0.15) is 0 Å². The molecule has 0 radical (unpaired) electrons. The molecule has 2 aromatic rings. The number of hydrogen-bond acceptors (Lipinski definition) is 3. The van der Waals surface area contributed by atoms with Crippen LogP contribution in [0.15, 0.2) is 48.5 Å². The maximum atomic E-state index is 12.3. The summed E-state index contributed by atoms with van der Waals surface area (Å²) in [6, 6.07) is 13.3. The van der Waals surface area contributed by atoms with Crippen molar-refractivity contribution in [1.82, 2.24) is 0 Å². The van der Waals surface area contributed by atoms with Crippen molar-refractivity contribution < 1.29 is 14.4 Å². The van der Waals surface area contributed by atoms with Gasteiger partial charge in [0.15, 0.2) is 5.78 Å². The van der Waals surface area contributed by atoms with E-state index < -0.39 is 0 Å². The van der Waals surface area contributed by atoms with E-state index in [0.29, 0.717) is 28.8 Å². The van der Waals surface area contributed by atoms with Crippen LogP contribution in [0.2, 0.25) is 0 Å². The molecule has 0 aliphatic carbocycles. The van der Waals surface area contributed by atoms with Gasteiger partial charge < -0.3 is 0 Å². The summed E-state index contributed by atoms with van der Waals surface area (Å²) in [7, 11) is 0. The predicted molar refractivity (Wildman–Crippen MR) is 78.6 cm³/mol. The summed E-state index contributed by atoms with van der Waals surface area (Å²) < 4.78 is 0. The topological polar surface area (TPSA) is 54.5 Å². The molecule has 104 valence electrons.